The normalized spacial score (nSPS) is 10.1. The zero-order valence-corrected chi connectivity index (χ0v) is 9.85. The Morgan fingerprint density at radius 2 is 2.24 bits per heavy atom. The summed E-state index contributed by atoms with van der Waals surface area (Å²) in [6.45, 7) is 0.461. The highest BCUT2D eigenvalue weighted by Crippen LogP contribution is 1.99. The molecule has 0 fully saturated rings. The molecular weight excluding hydrogens is 234 g/mol. The van der Waals surface area contributed by atoms with Crippen molar-refractivity contribution in [2.24, 2.45) is 5.73 Å². The Morgan fingerprint density at radius 3 is 2.88 bits per heavy atom. The third kappa shape index (κ3) is 2.57. The molecule has 2 rings (SSSR count). The third-order valence-corrected chi connectivity index (χ3v) is 2.58. The van der Waals surface area contributed by atoms with Crippen molar-refractivity contribution in [1.29, 1.82) is 0 Å². The summed E-state index contributed by atoms with van der Waals surface area (Å²) in [7, 11) is 0. The van der Waals surface area contributed by atoms with E-state index in [0.29, 0.717) is 12.1 Å². The second-order valence-corrected chi connectivity index (χ2v) is 4.02. The van der Waals surface area contributed by atoms with Crippen LogP contribution in [0, 0.1) is 0 Å². The van der Waals surface area contributed by atoms with E-state index >= 15 is 0 Å². The molecule has 2 heterocycles. The Bertz CT molecular complexity index is 592. The minimum atomic E-state index is -0.177. The Kier molecular flexibility index (Phi) is 3.30. The van der Waals surface area contributed by atoms with Gasteiger partial charge in [0, 0.05) is 18.6 Å². The molecule has 5 heteroatoms. The van der Waals surface area contributed by atoms with Gasteiger partial charge in [-0.05, 0) is 23.8 Å². The molecule has 0 aliphatic rings. The lowest BCUT2D eigenvalue weighted by atomic mass is 10.2. The van der Waals surface area contributed by atoms with Crippen LogP contribution in [0.2, 0.25) is 0 Å². The van der Waals surface area contributed by atoms with Gasteiger partial charge in [-0.1, -0.05) is 18.3 Å². The quantitative estimate of drug-likeness (QED) is 0.817. The summed E-state index contributed by atoms with van der Waals surface area (Å²) in [6, 6.07) is 7.13. The Hall–Kier alpha value is -2.01. The number of nitrogens with two attached hydrogens (primary N) is 1. The van der Waals surface area contributed by atoms with E-state index in [1.54, 1.807) is 35.3 Å². The largest absolute Gasteiger partial charge is 0.389 e. The van der Waals surface area contributed by atoms with E-state index < -0.39 is 0 Å². The number of rotatable bonds is 3. The van der Waals surface area contributed by atoms with E-state index in [1.165, 1.54) is 0 Å². The van der Waals surface area contributed by atoms with Crippen LogP contribution in [0.3, 0.4) is 0 Å². The predicted octanol–water partition coefficient (Wildman–Crippen LogP) is 0.926. The molecule has 0 unspecified atom stereocenters. The maximum Gasteiger partial charge on any atom is 0.261 e. The van der Waals surface area contributed by atoms with Gasteiger partial charge in [-0.2, -0.15) is 0 Å². The molecule has 4 nitrogen and oxygen atoms in total. The zero-order chi connectivity index (χ0) is 12.3. The molecule has 2 aromatic heterocycles. The summed E-state index contributed by atoms with van der Waals surface area (Å²) in [4.78, 5) is 16.1. The van der Waals surface area contributed by atoms with Crippen LogP contribution in [-0.4, -0.2) is 14.5 Å². The van der Waals surface area contributed by atoms with Crippen LogP contribution in [-0.2, 0) is 6.54 Å². The summed E-state index contributed by atoms with van der Waals surface area (Å²) in [5.41, 5.74) is 6.63. The number of nitrogens with zero attached hydrogens (tertiary/aromatic N) is 2. The van der Waals surface area contributed by atoms with Crippen LogP contribution < -0.4 is 11.3 Å². The molecule has 0 radical (unpaired) electrons. The lowest BCUT2D eigenvalue weighted by molar-refractivity contribution is 0.754. The first kappa shape index (κ1) is 11.5. The maximum absolute atomic E-state index is 12.0. The summed E-state index contributed by atoms with van der Waals surface area (Å²) >= 11 is 4.83. The second-order valence-electron chi connectivity index (χ2n) is 3.58. The average molecular weight is 245 g/mol. The number of pyridine rings is 2. The molecule has 0 spiro atoms. The molecule has 0 atom stereocenters. The summed E-state index contributed by atoms with van der Waals surface area (Å²) in [5.74, 6) is 0. The van der Waals surface area contributed by atoms with Crippen LogP contribution in [0.15, 0.2) is 47.7 Å². The summed E-state index contributed by atoms with van der Waals surface area (Å²) in [6.07, 6.45) is 5.12. The van der Waals surface area contributed by atoms with Gasteiger partial charge in [-0.15, -0.1) is 0 Å². The molecular formula is C12H11N3OS. The van der Waals surface area contributed by atoms with Crippen LogP contribution >= 0.6 is 12.2 Å². The first-order chi connectivity index (χ1) is 8.18. The Morgan fingerprint density at radius 1 is 1.41 bits per heavy atom. The topological polar surface area (TPSA) is 60.9 Å². The van der Waals surface area contributed by atoms with Gasteiger partial charge in [0.05, 0.1) is 12.1 Å². The van der Waals surface area contributed by atoms with Gasteiger partial charge in [0.15, 0.2) is 0 Å². The smallest absolute Gasteiger partial charge is 0.261 e. The van der Waals surface area contributed by atoms with Crippen LogP contribution in [0.4, 0.5) is 0 Å². The SMILES string of the molecule is NC(=S)c1cccn(Cc2cccnc2)c1=O. The second kappa shape index (κ2) is 4.88. The molecule has 0 saturated carbocycles. The van der Waals surface area contributed by atoms with Crippen molar-refractivity contribution in [2.75, 3.05) is 0 Å². The molecule has 0 saturated heterocycles. The first-order valence-corrected chi connectivity index (χ1v) is 5.47. The minimum absolute atomic E-state index is 0.121. The zero-order valence-electron chi connectivity index (χ0n) is 9.04. The maximum atomic E-state index is 12.0. The third-order valence-electron chi connectivity index (χ3n) is 2.36. The summed E-state index contributed by atoms with van der Waals surface area (Å²) in [5, 5.41) is 0. The van der Waals surface area contributed by atoms with E-state index in [2.05, 4.69) is 4.98 Å². The number of hydrogen-bond donors (Lipinski definition) is 1. The molecule has 0 aliphatic carbocycles. The van der Waals surface area contributed by atoms with E-state index in [1.807, 2.05) is 12.1 Å². The molecule has 0 amide bonds. The van der Waals surface area contributed by atoms with E-state index in [9.17, 15) is 4.79 Å². The molecule has 17 heavy (non-hydrogen) atoms. The lowest BCUT2D eigenvalue weighted by Gasteiger charge is -2.06. The van der Waals surface area contributed by atoms with Gasteiger partial charge in [-0.3, -0.25) is 9.78 Å². The number of aromatic nitrogens is 2. The van der Waals surface area contributed by atoms with Crippen LogP contribution in [0.5, 0.6) is 0 Å². The van der Waals surface area contributed by atoms with Crippen molar-refractivity contribution < 1.29 is 0 Å². The van der Waals surface area contributed by atoms with Crippen molar-refractivity contribution >= 4 is 17.2 Å². The minimum Gasteiger partial charge on any atom is -0.389 e. The van der Waals surface area contributed by atoms with Gasteiger partial charge in [0.1, 0.15) is 4.99 Å². The molecule has 86 valence electrons. The summed E-state index contributed by atoms with van der Waals surface area (Å²) < 4.78 is 1.56. The van der Waals surface area contributed by atoms with Crippen molar-refractivity contribution in [3.63, 3.8) is 0 Å². The predicted molar refractivity (Wildman–Crippen MR) is 69.9 cm³/mol. The molecule has 2 N–H and O–H groups in total. The number of thiocarbonyl (C=S) groups is 1. The fourth-order valence-electron chi connectivity index (χ4n) is 1.54. The molecule has 2 aromatic rings. The average Bonchev–Trinajstić information content (AvgIpc) is 2.33. The molecule has 0 bridgehead atoms. The standard InChI is InChI=1S/C12H11N3OS/c13-11(17)10-4-2-6-15(12(10)16)8-9-3-1-5-14-7-9/h1-7H,8H2,(H2,13,17). The highest BCUT2D eigenvalue weighted by Gasteiger charge is 2.05. The van der Waals surface area contributed by atoms with Gasteiger partial charge in [0.2, 0.25) is 0 Å². The van der Waals surface area contributed by atoms with Gasteiger partial charge in [0.25, 0.3) is 5.56 Å². The Labute approximate surface area is 104 Å². The van der Waals surface area contributed by atoms with E-state index in [0.717, 1.165) is 5.56 Å². The first-order valence-electron chi connectivity index (χ1n) is 5.06. The molecule has 0 aliphatic heterocycles. The highest BCUT2D eigenvalue weighted by molar-refractivity contribution is 7.80. The van der Waals surface area contributed by atoms with E-state index in [4.69, 9.17) is 18.0 Å². The van der Waals surface area contributed by atoms with Crippen molar-refractivity contribution in [3.05, 3.63) is 64.3 Å². The number of hydrogen-bond acceptors (Lipinski definition) is 3. The fraction of sp³-hybridized carbons (Fsp3) is 0.0833. The highest BCUT2D eigenvalue weighted by atomic mass is 32.1. The van der Waals surface area contributed by atoms with Gasteiger partial charge >= 0.3 is 0 Å². The van der Waals surface area contributed by atoms with Crippen molar-refractivity contribution in [2.45, 2.75) is 6.54 Å². The van der Waals surface area contributed by atoms with E-state index in [-0.39, 0.29) is 10.5 Å². The Balaban J connectivity index is 2.38. The van der Waals surface area contributed by atoms with Crippen molar-refractivity contribution in [3.8, 4) is 0 Å². The lowest BCUT2D eigenvalue weighted by Crippen LogP contribution is -2.28. The van der Waals surface area contributed by atoms with Crippen molar-refractivity contribution in [1.82, 2.24) is 9.55 Å². The van der Waals surface area contributed by atoms with Crippen LogP contribution in [0.1, 0.15) is 11.1 Å². The van der Waals surface area contributed by atoms with Crippen LogP contribution in [0.25, 0.3) is 0 Å². The monoisotopic (exact) mass is 245 g/mol. The fourth-order valence-corrected chi connectivity index (χ4v) is 1.69. The van der Waals surface area contributed by atoms with Gasteiger partial charge < -0.3 is 10.3 Å². The molecule has 0 aromatic carbocycles. The van der Waals surface area contributed by atoms with Gasteiger partial charge in [-0.25, -0.2) is 0 Å².